The maximum absolute atomic E-state index is 13.6. The molecule has 0 bridgehead atoms. The number of hydrogen-bond donors (Lipinski definition) is 0. The van der Waals surface area contributed by atoms with Crippen molar-refractivity contribution in [2.24, 2.45) is 0 Å². The standard InChI is InChI=1S/C31H37O14P/c1-20(32)38-19-27(42-22(3)34)29-28(43-23(4)35)26(41-21(2)33)16-31(44-29,30(36)37-5)45-46(39-17-24-12-8-6-9-13-24)40-18-25-14-10-7-11-15-25/h6-15,26-29H,16-19H2,1-5H3/t26?,27-,28?,29?,31?/m0/s1. The predicted molar refractivity (Wildman–Crippen MR) is 158 cm³/mol. The molecule has 0 aliphatic carbocycles. The molecule has 0 spiro atoms. The Balaban J connectivity index is 2.07. The molecule has 4 unspecified atom stereocenters. The van der Waals surface area contributed by atoms with Gasteiger partial charge in [-0.1, -0.05) is 60.7 Å². The summed E-state index contributed by atoms with van der Waals surface area (Å²) in [6.45, 7) is 3.86. The van der Waals surface area contributed by atoms with Gasteiger partial charge in [-0.2, -0.15) is 0 Å². The molecular weight excluding hydrogens is 627 g/mol. The number of esters is 5. The van der Waals surface area contributed by atoms with Crippen molar-refractivity contribution >= 4 is 38.4 Å². The predicted octanol–water partition coefficient (Wildman–Crippen LogP) is 3.68. The van der Waals surface area contributed by atoms with Gasteiger partial charge >= 0.3 is 38.4 Å². The number of methoxy groups -OCH3 is 1. The molecule has 1 heterocycles. The Morgan fingerprint density at radius 3 is 1.80 bits per heavy atom. The zero-order valence-electron chi connectivity index (χ0n) is 26.1. The summed E-state index contributed by atoms with van der Waals surface area (Å²) in [7, 11) is -1.35. The normalized spacial score (nSPS) is 21.5. The van der Waals surface area contributed by atoms with Gasteiger partial charge in [0.15, 0.2) is 12.2 Å². The quantitative estimate of drug-likeness (QED) is 0.154. The first-order chi connectivity index (χ1) is 21.9. The molecule has 3 rings (SSSR count). The lowest BCUT2D eigenvalue weighted by molar-refractivity contribution is -0.306. The van der Waals surface area contributed by atoms with Crippen molar-refractivity contribution < 1.29 is 66.0 Å². The van der Waals surface area contributed by atoms with Crippen molar-refractivity contribution in [2.45, 2.75) is 77.5 Å². The van der Waals surface area contributed by atoms with Crippen molar-refractivity contribution in [3.05, 3.63) is 71.8 Å². The lowest BCUT2D eigenvalue weighted by atomic mass is 9.92. The van der Waals surface area contributed by atoms with Crippen molar-refractivity contribution in [2.75, 3.05) is 13.7 Å². The molecule has 0 amide bonds. The Labute approximate surface area is 267 Å². The third-order valence-electron chi connectivity index (χ3n) is 6.32. The van der Waals surface area contributed by atoms with E-state index in [4.69, 9.17) is 42.0 Å². The minimum atomic E-state index is -2.43. The van der Waals surface area contributed by atoms with Crippen LogP contribution in [0.25, 0.3) is 0 Å². The second-order valence-corrected chi connectivity index (χ2v) is 11.2. The summed E-state index contributed by atoms with van der Waals surface area (Å²) >= 11 is 0. The maximum Gasteiger partial charge on any atom is 0.367 e. The van der Waals surface area contributed by atoms with Crippen LogP contribution in [0.5, 0.6) is 0 Å². The largest absolute Gasteiger partial charge is 0.465 e. The second-order valence-electron chi connectivity index (χ2n) is 10.0. The van der Waals surface area contributed by atoms with Gasteiger partial charge < -0.3 is 37.5 Å². The number of carbonyl (C=O) groups excluding carboxylic acids is 5. The van der Waals surface area contributed by atoms with Crippen molar-refractivity contribution in [3.63, 3.8) is 0 Å². The van der Waals surface area contributed by atoms with Crippen molar-refractivity contribution in [1.82, 2.24) is 0 Å². The van der Waals surface area contributed by atoms with Crippen LogP contribution in [0.15, 0.2) is 60.7 Å². The minimum Gasteiger partial charge on any atom is -0.465 e. The van der Waals surface area contributed by atoms with Crippen LogP contribution in [0.1, 0.15) is 45.2 Å². The Bertz CT molecular complexity index is 1280. The number of carbonyl (C=O) groups is 5. The van der Waals surface area contributed by atoms with Crippen LogP contribution < -0.4 is 0 Å². The van der Waals surface area contributed by atoms with Crippen LogP contribution in [0, 0.1) is 0 Å². The molecule has 5 atom stereocenters. The fourth-order valence-electron chi connectivity index (χ4n) is 4.48. The fourth-order valence-corrected chi connectivity index (χ4v) is 5.60. The summed E-state index contributed by atoms with van der Waals surface area (Å²) in [5.74, 6) is -6.67. The van der Waals surface area contributed by atoms with E-state index in [1.807, 2.05) is 60.7 Å². The summed E-state index contributed by atoms with van der Waals surface area (Å²) < 4.78 is 50.9. The lowest BCUT2D eigenvalue weighted by Crippen LogP contribution is -2.64. The van der Waals surface area contributed by atoms with E-state index in [-0.39, 0.29) is 13.2 Å². The summed E-state index contributed by atoms with van der Waals surface area (Å²) in [5, 5.41) is 0. The molecule has 0 aromatic heterocycles. The highest BCUT2D eigenvalue weighted by Crippen LogP contribution is 2.50. The molecule has 250 valence electrons. The highest BCUT2D eigenvalue weighted by atomic mass is 31.2. The first-order valence-electron chi connectivity index (χ1n) is 14.2. The van der Waals surface area contributed by atoms with Crippen LogP contribution >= 0.6 is 8.60 Å². The lowest BCUT2D eigenvalue weighted by Gasteiger charge is -2.47. The Morgan fingerprint density at radius 2 is 1.35 bits per heavy atom. The van der Waals surface area contributed by atoms with Gasteiger partial charge in [-0.3, -0.25) is 23.7 Å². The molecule has 2 aromatic carbocycles. The highest BCUT2D eigenvalue weighted by molar-refractivity contribution is 7.41. The summed E-state index contributed by atoms with van der Waals surface area (Å²) in [5.41, 5.74) is 1.53. The third kappa shape index (κ3) is 11.1. The van der Waals surface area contributed by atoms with Crippen molar-refractivity contribution in [1.29, 1.82) is 0 Å². The fraction of sp³-hybridized carbons (Fsp3) is 0.452. The van der Waals surface area contributed by atoms with Gasteiger partial charge in [0.2, 0.25) is 0 Å². The molecule has 1 saturated heterocycles. The van der Waals surface area contributed by atoms with E-state index >= 15 is 0 Å². The molecule has 0 radical (unpaired) electrons. The van der Waals surface area contributed by atoms with E-state index in [1.165, 1.54) is 0 Å². The van der Waals surface area contributed by atoms with Crippen LogP contribution in [-0.4, -0.2) is 73.8 Å². The van der Waals surface area contributed by atoms with Gasteiger partial charge in [0, 0.05) is 27.7 Å². The van der Waals surface area contributed by atoms with Gasteiger partial charge in [0.05, 0.1) is 26.7 Å². The van der Waals surface area contributed by atoms with E-state index in [9.17, 15) is 24.0 Å². The number of hydrogen-bond acceptors (Lipinski definition) is 14. The molecule has 2 aromatic rings. The SMILES string of the molecule is COC(=O)C1(OP(OCc2ccccc2)OCc2ccccc2)CC(OC(C)=O)C(OC(C)=O)C([C@H](COC(C)=O)OC(C)=O)O1. The Kier molecular flexibility index (Phi) is 14.0. The molecular formula is C31H37O14P. The molecule has 15 heteroatoms. The average Bonchev–Trinajstić information content (AvgIpc) is 3.01. The summed E-state index contributed by atoms with van der Waals surface area (Å²) in [6, 6.07) is 18.2. The minimum absolute atomic E-state index is 0.00792. The number of rotatable bonds is 15. The van der Waals surface area contributed by atoms with E-state index in [1.54, 1.807) is 0 Å². The zero-order valence-corrected chi connectivity index (χ0v) is 27.0. The first kappa shape index (κ1) is 36.5. The van der Waals surface area contributed by atoms with Gasteiger partial charge in [0.25, 0.3) is 5.79 Å². The van der Waals surface area contributed by atoms with Gasteiger partial charge in [-0.25, -0.2) is 4.79 Å². The van der Waals surface area contributed by atoms with Crippen molar-refractivity contribution in [3.8, 4) is 0 Å². The Hall–Kier alpha value is -3.94. The van der Waals surface area contributed by atoms with E-state index < -0.39 is 81.7 Å². The summed E-state index contributed by atoms with van der Waals surface area (Å²) in [4.78, 5) is 61.8. The van der Waals surface area contributed by atoms with Gasteiger partial charge in [0.1, 0.15) is 18.8 Å². The number of ether oxygens (including phenoxy) is 6. The van der Waals surface area contributed by atoms with E-state index in [2.05, 4.69) is 0 Å². The smallest absolute Gasteiger partial charge is 0.367 e. The monoisotopic (exact) mass is 664 g/mol. The zero-order chi connectivity index (χ0) is 33.7. The molecule has 0 saturated carbocycles. The maximum atomic E-state index is 13.6. The molecule has 1 aliphatic heterocycles. The van der Waals surface area contributed by atoms with Gasteiger partial charge in [-0.15, -0.1) is 0 Å². The second kappa shape index (κ2) is 17.7. The van der Waals surface area contributed by atoms with Crippen LogP contribution in [0.4, 0.5) is 0 Å². The third-order valence-corrected chi connectivity index (χ3v) is 7.44. The molecule has 1 fully saturated rings. The average molecular weight is 665 g/mol. The molecule has 46 heavy (non-hydrogen) atoms. The van der Waals surface area contributed by atoms with Gasteiger partial charge in [-0.05, 0) is 11.1 Å². The molecule has 0 N–H and O–H groups in total. The van der Waals surface area contributed by atoms with E-state index in [0.29, 0.717) is 0 Å². The molecule has 1 aliphatic rings. The molecule has 14 nitrogen and oxygen atoms in total. The Morgan fingerprint density at radius 1 is 0.804 bits per heavy atom. The van der Waals surface area contributed by atoms with E-state index in [0.717, 1.165) is 45.9 Å². The number of benzene rings is 2. The van der Waals surface area contributed by atoms with Crippen LogP contribution in [0.2, 0.25) is 0 Å². The van der Waals surface area contributed by atoms with Crippen LogP contribution in [0.3, 0.4) is 0 Å². The topological polar surface area (TPSA) is 168 Å². The van der Waals surface area contributed by atoms with Crippen LogP contribution in [-0.2, 0) is 79.2 Å². The summed E-state index contributed by atoms with van der Waals surface area (Å²) in [6.07, 6.45) is -6.49. The first-order valence-corrected chi connectivity index (χ1v) is 15.3. The highest BCUT2D eigenvalue weighted by Gasteiger charge is 2.60.